The van der Waals surface area contributed by atoms with Crippen LogP contribution in [0.25, 0.3) is 21.9 Å². The van der Waals surface area contributed by atoms with Crippen LogP contribution in [0.3, 0.4) is 0 Å². The van der Waals surface area contributed by atoms with Crippen LogP contribution in [0.4, 0.5) is 0 Å². The third-order valence-corrected chi connectivity index (χ3v) is 4.14. The number of rotatable bonds is 1. The van der Waals surface area contributed by atoms with Gasteiger partial charge in [-0.05, 0) is 36.6 Å². The number of halogens is 2. The molecule has 3 aromatic rings. The third kappa shape index (κ3) is 1.81. The van der Waals surface area contributed by atoms with Crippen LogP contribution in [0, 0.1) is 0 Å². The Labute approximate surface area is 113 Å². The highest BCUT2D eigenvalue weighted by molar-refractivity contribution is 7.98. The molecular weight excluding hydrogens is 275 g/mol. The van der Waals surface area contributed by atoms with Crippen molar-refractivity contribution in [1.82, 2.24) is 0 Å². The molecule has 1 heterocycles. The SMILES string of the molecule is CSc1cc2oc3ccc(Cl)cc3c2cc1Cl. The molecule has 0 unspecified atom stereocenters. The second-order valence-electron chi connectivity index (χ2n) is 3.73. The van der Waals surface area contributed by atoms with E-state index in [2.05, 4.69) is 0 Å². The normalized spacial score (nSPS) is 11.5. The maximum absolute atomic E-state index is 6.20. The topological polar surface area (TPSA) is 13.1 Å². The fourth-order valence-corrected chi connectivity index (χ4v) is 2.95. The van der Waals surface area contributed by atoms with E-state index in [4.69, 9.17) is 27.6 Å². The number of hydrogen-bond donors (Lipinski definition) is 0. The lowest BCUT2D eigenvalue weighted by atomic mass is 10.1. The third-order valence-electron chi connectivity index (χ3n) is 2.71. The monoisotopic (exact) mass is 282 g/mol. The summed E-state index contributed by atoms with van der Waals surface area (Å²) in [6.45, 7) is 0. The van der Waals surface area contributed by atoms with E-state index >= 15 is 0 Å². The van der Waals surface area contributed by atoms with Gasteiger partial charge in [0.15, 0.2) is 0 Å². The lowest BCUT2D eigenvalue weighted by molar-refractivity contribution is 0.668. The Morgan fingerprint density at radius 2 is 1.76 bits per heavy atom. The van der Waals surface area contributed by atoms with Gasteiger partial charge in [0.25, 0.3) is 0 Å². The van der Waals surface area contributed by atoms with Crippen molar-refractivity contribution in [2.24, 2.45) is 0 Å². The zero-order valence-electron chi connectivity index (χ0n) is 8.96. The molecule has 0 N–H and O–H groups in total. The second-order valence-corrected chi connectivity index (χ2v) is 5.42. The fourth-order valence-electron chi connectivity index (χ4n) is 1.91. The van der Waals surface area contributed by atoms with Crippen molar-refractivity contribution in [1.29, 1.82) is 0 Å². The van der Waals surface area contributed by atoms with E-state index in [-0.39, 0.29) is 0 Å². The molecule has 1 aromatic heterocycles. The Morgan fingerprint density at radius 1 is 1.00 bits per heavy atom. The molecule has 0 amide bonds. The lowest BCUT2D eigenvalue weighted by Crippen LogP contribution is -1.73. The summed E-state index contributed by atoms with van der Waals surface area (Å²) in [4.78, 5) is 1.02. The van der Waals surface area contributed by atoms with Gasteiger partial charge < -0.3 is 4.42 Å². The summed E-state index contributed by atoms with van der Waals surface area (Å²) in [7, 11) is 0. The molecule has 0 saturated carbocycles. The van der Waals surface area contributed by atoms with Gasteiger partial charge in [-0.1, -0.05) is 23.2 Å². The molecular formula is C13H8Cl2OS. The van der Waals surface area contributed by atoms with Crippen molar-refractivity contribution in [3.8, 4) is 0 Å². The van der Waals surface area contributed by atoms with E-state index in [0.717, 1.165) is 31.9 Å². The zero-order chi connectivity index (χ0) is 12.0. The summed E-state index contributed by atoms with van der Waals surface area (Å²) in [5, 5.41) is 3.45. The average Bonchev–Trinajstić information content (AvgIpc) is 2.65. The molecule has 0 bridgehead atoms. The number of furan rings is 1. The first-order valence-corrected chi connectivity index (χ1v) is 7.02. The molecule has 0 spiro atoms. The van der Waals surface area contributed by atoms with E-state index in [1.165, 1.54) is 0 Å². The van der Waals surface area contributed by atoms with E-state index in [0.29, 0.717) is 5.02 Å². The van der Waals surface area contributed by atoms with Crippen LogP contribution in [0.1, 0.15) is 0 Å². The molecule has 1 nitrogen and oxygen atoms in total. The lowest BCUT2D eigenvalue weighted by Gasteiger charge is -1.99. The smallest absolute Gasteiger partial charge is 0.136 e. The summed E-state index contributed by atoms with van der Waals surface area (Å²) >= 11 is 13.8. The van der Waals surface area contributed by atoms with Crippen molar-refractivity contribution in [3.63, 3.8) is 0 Å². The first-order chi connectivity index (χ1) is 8.19. The average molecular weight is 283 g/mol. The van der Waals surface area contributed by atoms with Gasteiger partial charge in [-0.15, -0.1) is 11.8 Å². The summed E-state index contributed by atoms with van der Waals surface area (Å²) < 4.78 is 5.77. The van der Waals surface area contributed by atoms with Gasteiger partial charge >= 0.3 is 0 Å². The first-order valence-electron chi connectivity index (χ1n) is 5.04. The second kappa shape index (κ2) is 4.13. The van der Waals surface area contributed by atoms with E-state index in [1.54, 1.807) is 11.8 Å². The Morgan fingerprint density at radius 3 is 2.53 bits per heavy atom. The molecule has 0 aliphatic rings. The highest BCUT2D eigenvalue weighted by Gasteiger charge is 2.10. The number of fused-ring (bicyclic) bond motifs is 3. The fraction of sp³-hybridized carbons (Fsp3) is 0.0769. The van der Waals surface area contributed by atoms with Crippen LogP contribution < -0.4 is 0 Å². The maximum atomic E-state index is 6.20. The molecule has 0 radical (unpaired) electrons. The highest BCUT2D eigenvalue weighted by atomic mass is 35.5. The van der Waals surface area contributed by atoms with Crippen LogP contribution in [-0.4, -0.2) is 6.26 Å². The van der Waals surface area contributed by atoms with Gasteiger partial charge in [0.05, 0.1) is 5.02 Å². The summed E-state index contributed by atoms with van der Waals surface area (Å²) in [6.07, 6.45) is 1.99. The molecule has 3 rings (SSSR count). The van der Waals surface area contributed by atoms with Crippen LogP contribution in [0.15, 0.2) is 39.6 Å². The minimum absolute atomic E-state index is 0.699. The molecule has 4 heteroatoms. The molecule has 2 aromatic carbocycles. The Balaban J connectivity index is 2.44. The Hall–Kier alpha value is -0.830. The predicted octanol–water partition coefficient (Wildman–Crippen LogP) is 5.61. The van der Waals surface area contributed by atoms with Crippen LogP contribution >= 0.6 is 35.0 Å². The molecule has 17 heavy (non-hydrogen) atoms. The number of thioether (sulfide) groups is 1. The molecule has 0 aliphatic carbocycles. The summed E-state index contributed by atoms with van der Waals surface area (Å²) in [5.74, 6) is 0. The molecule has 0 saturated heterocycles. The first kappa shape index (κ1) is 11.3. The van der Waals surface area contributed by atoms with Gasteiger partial charge in [0.2, 0.25) is 0 Å². The van der Waals surface area contributed by atoms with Gasteiger partial charge in [-0.25, -0.2) is 0 Å². The van der Waals surface area contributed by atoms with Crippen molar-refractivity contribution in [2.75, 3.05) is 6.26 Å². The van der Waals surface area contributed by atoms with Crippen LogP contribution in [0.2, 0.25) is 10.0 Å². The Bertz CT molecular complexity index is 718. The van der Waals surface area contributed by atoms with Gasteiger partial charge in [0, 0.05) is 20.7 Å². The van der Waals surface area contributed by atoms with Gasteiger partial charge in [-0.3, -0.25) is 0 Å². The standard InChI is InChI=1S/C13H8Cl2OS/c1-17-13-6-12-9(5-10(13)15)8-4-7(14)2-3-11(8)16-12/h2-6H,1H3. The van der Waals surface area contributed by atoms with Gasteiger partial charge in [0.1, 0.15) is 11.2 Å². The molecule has 86 valence electrons. The summed E-state index contributed by atoms with van der Waals surface area (Å²) in [5.41, 5.74) is 1.68. The molecule has 0 aliphatic heterocycles. The van der Waals surface area contributed by atoms with E-state index in [1.807, 2.05) is 36.6 Å². The van der Waals surface area contributed by atoms with Crippen molar-refractivity contribution >= 4 is 56.9 Å². The molecule has 0 atom stereocenters. The molecule has 0 fully saturated rings. The minimum atomic E-state index is 0.699. The minimum Gasteiger partial charge on any atom is -0.456 e. The van der Waals surface area contributed by atoms with Crippen LogP contribution in [0.5, 0.6) is 0 Å². The van der Waals surface area contributed by atoms with E-state index in [9.17, 15) is 0 Å². The number of hydrogen-bond acceptors (Lipinski definition) is 2. The van der Waals surface area contributed by atoms with Crippen molar-refractivity contribution < 1.29 is 4.42 Å². The van der Waals surface area contributed by atoms with Crippen molar-refractivity contribution in [3.05, 3.63) is 40.4 Å². The van der Waals surface area contributed by atoms with Crippen molar-refractivity contribution in [2.45, 2.75) is 4.90 Å². The Kier molecular flexibility index (Phi) is 2.74. The number of benzene rings is 2. The van der Waals surface area contributed by atoms with E-state index < -0.39 is 0 Å². The van der Waals surface area contributed by atoms with Gasteiger partial charge in [-0.2, -0.15) is 0 Å². The largest absolute Gasteiger partial charge is 0.456 e. The highest BCUT2D eigenvalue weighted by Crippen LogP contribution is 2.36. The quantitative estimate of drug-likeness (QED) is 0.538. The zero-order valence-corrected chi connectivity index (χ0v) is 11.3. The predicted molar refractivity (Wildman–Crippen MR) is 75.5 cm³/mol. The van der Waals surface area contributed by atoms with Crippen LogP contribution in [-0.2, 0) is 0 Å². The summed E-state index contributed by atoms with van der Waals surface area (Å²) in [6, 6.07) is 9.51. The maximum Gasteiger partial charge on any atom is 0.136 e.